The first kappa shape index (κ1) is 16.2. The fourth-order valence-corrected chi connectivity index (χ4v) is 4.98. The van der Waals surface area contributed by atoms with Crippen LogP contribution in [0.15, 0.2) is 27.6 Å². The third-order valence-corrected chi connectivity index (χ3v) is 6.36. The zero-order valence-electron chi connectivity index (χ0n) is 12.6. The minimum absolute atomic E-state index is 0.00341. The Kier molecular flexibility index (Phi) is 4.77. The Morgan fingerprint density at radius 3 is 2.50 bits per heavy atom. The summed E-state index contributed by atoms with van der Waals surface area (Å²) in [6.45, 7) is 1.96. The molecule has 1 aromatic carbocycles. The number of hydrogen-bond donors (Lipinski definition) is 1. The SMILES string of the molecule is COc1ccc(Br)cc1S(=O)(=O)NC1CCN(C2CC2)CC1. The highest BCUT2D eigenvalue weighted by Crippen LogP contribution is 2.31. The molecule has 1 saturated heterocycles. The molecule has 7 heteroatoms. The Morgan fingerprint density at radius 1 is 1.23 bits per heavy atom. The van der Waals surface area contributed by atoms with Crippen molar-refractivity contribution in [3.8, 4) is 5.75 Å². The molecule has 1 aliphatic carbocycles. The van der Waals surface area contributed by atoms with E-state index in [1.807, 2.05) is 0 Å². The number of rotatable bonds is 5. The summed E-state index contributed by atoms with van der Waals surface area (Å²) >= 11 is 3.32. The molecular weight excluding hydrogens is 368 g/mol. The molecule has 1 heterocycles. The first-order valence-corrected chi connectivity index (χ1v) is 9.87. The summed E-state index contributed by atoms with van der Waals surface area (Å²) in [5.74, 6) is 0.367. The summed E-state index contributed by atoms with van der Waals surface area (Å²) in [7, 11) is -2.09. The maximum absolute atomic E-state index is 12.6. The van der Waals surface area contributed by atoms with Gasteiger partial charge in [0, 0.05) is 16.6 Å². The molecule has 0 radical (unpaired) electrons. The highest BCUT2D eigenvalue weighted by molar-refractivity contribution is 9.10. The average molecular weight is 389 g/mol. The molecule has 1 N–H and O–H groups in total. The Labute approximate surface area is 140 Å². The molecule has 2 aliphatic rings. The lowest BCUT2D eigenvalue weighted by molar-refractivity contribution is 0.199. The van der Waals surface area contributed by atoms with Crippen molar-refractivity contribution in [2.75, 3.05) is 20.2 Å². The Morgan fingerprint density at radius 2 is 1.91 bits per heavy atom. The third kappa shape index (κ3) is 3.64. The van der Waals surface area contributed by atoms with Gasteiger partial charge in [0.25, 0.3) is 0 Å². The Hall–Kier alpha value is -0.630. The summed E-state index contributed by atoms with van der Waals surface area (Å²) < 4.78 is 34.0. The number of sulfonamides is 1. The number of piperidine rings is 1. The van der Waals surface area contributed by atoms with E-state index < -0.39 is 10.0 Å². The smallest absolute Gasteiger partial charge is 0.244 e. The molecule has 1 aromatic rings. The maximum Gasteiger partial charge on any atom is 0.244 e. The average Bonchev–Trinajstić information content (AvgIpc) is 3.32. The van der Waals surface area contributed by atoms with Crippen LogP contribution in [0.2, 0.25) is 0 Å². The van der Waals surface area contributed by atoms with E-state index in [4.69, 9.17) is 4.74 Å². The second-order valence-corrected chi connectivity index (χ2v) is 8.56. The number of likely N-dealkylation sites (tertiary alicyclic amines) is 1. The molecule has 22 heavy (non-hydrogen) atoms. The Bertz CT molecular complexity index is 638. The van der Waals surface area contributed by atoms with Crippen LogP contribution in [-0.2, 0) is 10.0 Å². The van der Waals surface area contributed by atoms with Crippen LogP contribution in [-0.4, -0.2) is 45.6 Å². The zero-order chi connectivity index (χ0) is 15.7. The van der Waals surface area contributed by atoms with Crippen molar-refractivity contribution in [2.24, 2.45) is 0 Å². The molecular formula is C15H21BrN2O3S. The van der Waals surface area contributed by atoms with Gasteiger partial charge in [-0.3, -0.25) is 0 Å². The van der Waals surface area contributed by atoms with Gasteiger partial charge in [0.05, 0.1) is 7.11 Å². The van der Waals surface area contributed by atoms with Gasteiger partial charge in [-0.1, -0.05) is 15.9 Å². The van der Waals surface area contributed by atoms with Gasteiger partial charge < -0.3 is 9.64 Å². The molecule has 3 rings (SSSR count). The first-order valence-electron chi connectivity index (χ1n) is 7.59. The van der Waals surface area contributed by atoms with Gasteiger partial charge in [-0.25, -0.2) is 13.1 Å². The van der Waals surface area contributed by atoms with Crippen molar-refractivity contribution in [2.45, 2.75) is 42.7 Å². The molecule has 0 unspecified atom stereocenters. The first-order chi connectivity index (χ1) is 10.5. The van der Waals surface area contributed by atoms with E-state index in [0.29, 0.717) is 5.75 Å². The second kappa shape index (κ2) is 6.47. The molecule has 0 aromatic heterocycles. The summed E-state index contributed by atoms with van der Waals surface area (Å²) in [6, 6.07) is 5.77. The van der Waals surface area contributed by atoms with Crippen LogP contribution in [0.3, 0.4) is 0 Å². The van der Waals surface area contributed by atoms with Crippen LogP contribution >= 0.6 is 15.9 Å². The van der Waals surface area contributed by atoms with Gasteiger partial charge in [0.15, 0.2) is 0 Å². The van der Waals surface area contributed by atoms with Crippen LogP contribution < -0.4 is 9.46 Å². The fourth-order valence-electron chi connectivity index (χ4n) is 2.97. The standard InChI is InChI=1S/C15H21BrN2O3S/c1-21-14-5-2-11(16)10-15(14)22(19,20)17-12-6-8-18(9-7-12)13-3-4-13/h2,5,10,12-13,17H,3-4,6-9H2,1H3. The topological polar surface area (TPSA) is 58.6 Å². The van der Waals surface area contributed by atoms with E-state index in [1.54, 1.807) is 18.2 Å². The summed E-state index contributed by atoms with van der Waals surface area (Å²) in [6.07, 6.45) is 4.33. The number of nitrogens with one attached hydrogen (secondary N) is 1. The van der Waals surface area contributed by atoms with Crippen LogP contribution in [0.25, 0.3) is 0 Å². The summed E-state index contributed by atoms with van der Waals surface area (Å²) in [5.41, 5.74) is 0. The number of benzene rings is 1. The molecule has 122 valence electrons. The van der Waals surface area contributed by atoms with Gasteiger partial charge in [0.1, 0.15) is 10.6 Å². The minimum atomic E-state index is -3.57. The molecule has 1 saturated carbocycles. The zero-order valence-corrected chi connectivity index (χ0v) is 15.0. The van der Waals surface area contributed by atoms with Crippen LogP contribution in [0.4, 0.5) is 0 Å². The molecule has 1 aliphatic heterocycles. The van der Waals surface area contributed by atoms with E-state index in [0.717, 1.165) is 36.4 Å². The van der Waals surface area contributed by atoms with E-state index in [2.05, 4.69) is 25.6 Å². The van der Waals surface area contributed by atoms with Gasteiger partial charge in [0.2, 0.25) is 10.0 Å². The number of halogens is 1. The number of methoxy groups -OCH3 is 1. The summed E-state index contributed by atoms with van der Waals surface area (Å²) in [5, 5.41) is 0. The van der Waals surface area contributed by atoms with Gasteiger partial charge in [-0.2, -0.15) is 0 Å². The van der Waals surface area contributed by atoms with E-state index in [9.17, 15) is 8.42 Å². The van der Waals surface area contributed by atoms with Crippen molar-refractivity contribution in [1.29, 1.82) is 0 Å². The molecule has 0 amide bonds. The van der Waals surface area contributed by atoms with Gasteiger partial charge >= 0.3 is 0 Å². The van der Waals surface area contributed by atoms with Crippen LogP contribution in [0, 0.1) is 0 Å². The van der Waals surface area contributed by atoms with Crippen molar-refractivity contribution >= 4 is 26.0 Å². The van der Waals surface area contributed by atoms with Crippen LogP contribution in [0.1, 0.15) is 25.7 Å². The van der Waals surface area contributed by atoms with E-state index in [1.165, 1.54) is 20.0 Å². The lowest BCUT2D eigenvalue weighted by Gasteiger charge is -2.32. The third-order valence-electron chi connectivity index (χ3n) is 4.33. The molecule has 0 bridgehead atoms. The monoisotopic (exact) mass is 388 g/mol. The number of nitrogens with zero attached hydrogens (tertiary/aromatic N) is 1. The molecule has 2 fully saturated rings. The second-order valence-electron chi connectivity index (χ2n) is 5.96. The number of ether oxygens (including phenoxy) is 1. The Balaban J connectivity index is 1.69. The molecule has 0 atom stereocenters. The highest BCUT2D eigenvalue weighted by Gasteiger charge is 2.33. The van der Waals surface area contributed by atoms with E-state index >= 15 is 0 Å². The summed E-state index contributed by atoms with van der Waals surface area (Å²) in [4.78, 5) is 2.67. The predicted octanol–water partition coefficient (Wildman–Crippen LogP) is 2.36. The maximum atomic E-state index is 12.6. The van der Waals surface area contributed by atoms with Crippen molar-refractivity contribution in [3.63, 3.8) is 0 Å². The highest BCUT2D eigenvalue weighted by atomic mass is 79.9. The van der Waals surface area contributed by atoms with Crippen LogP contribution in [0.5, 0.6) is 5.75 Å². The molecule has 5 nitrogen and oxygen atoms in total. The lowest BCUT2D eigenvalue weighted by Crippen LogP contribution is -2.45. The van der Waals surface area contributed by atoms with Crippen molar-refractivity contribution in [1.82, 2.24) is 9.62 Å². The van der Waals surface area contributed by atoms with E-state index in [-0.39, 0.29) is 10.9 Å². The largest absolute Gasteiger partial charge is 0.495 e. The fraction of sp³-hybridized carbons (Fsp3) is 0.600. The van der Waals surface area contributed by atoms with Gasteiger partial charge in [-0.05, 0) is 57.0 Å². The predicted molar refractivity (Wildman–Crippen MR) is 88.6 cm³/mol. The minimum Gasteiger partial charge on any atom is -0.495 e. The molecule has 0 spiro atoms. The van der Waals surface area contributed by atoms with Gasteiger partial charge in [-0.15, -0.1) is 0 Å². The normalized spacial score (nSPS) is 21.0. The number of hydrogen-bond acceptors (Lipinski definition) is 4. The quantitative estimate of drug-likeness (QED) is 0.840. The lowest BCUT2D eigenvalue weighted by atomic mass is 10.1. The van der Waals surface area contributed by atoms with Crippen molar-refractivity contribution in [3.05, 3.63) is 22.7 Å². The van der Waals surface area contributed by atoms with Crippen molar-refractivity contribution < 1.29 is 13.2 Å².